The summed E-state index contributed by atoms with van der Waals surface area (Å²) in [6, 6.07) is 9.89. The summed E-state index contributed by atoms with van der Waals surface area (Å²) in [6.07, 6.45) is 1.71. The highest BCUT2D eigenvalue weighted by Gasteiger charge is 2.28. The molecule has 1 N–H and O–H groups in total. The van der Waals surface area contributed by atoms with Crippen molar-refractivity contribution >= 4 is 33.2 Å². The van der Waals surface area contributed by atoms with Gasteiger partial charge in [0.05, 0.1) is 15.5 Å². The fraction of sp³-hybridized carbons (Fsp3) is 0.316. The number of halogens is 1. The molecule has 2 aromatic carbocycles. The van der Waals surface area contributed by atoms with Gasteiger partial charge in [0, 0.05) is 18.8 Å². The van der Waals surface area contributed by atoms with Gasteiger partial charge < -0.3 is 5.32 Å². The number of rotatable bonds is 4. The van der Waals surface area contributed by atoms with Gasteiger partial charge in [-0.1, -0.05) is 23.7 Å². The number of sulfonamides is 1. The van der Waals surface area contributed by atoms with Gasteiger partial charge in [0.15, 0.2) is 0 Å². The first kappa shape index (κ1) is 18.9. The number of anilines is 1. The number of hydrogen-bond acceptors (Lipinski definition) is 3. The minimum Gasteiger partial charge on any atom is -0.322 e. The van der Waals surface area contributed by atoms with Gasteiger partial charge in [-0.3, -0.25) is 4.79 Å². The Kier molecular flexibility index (Phi) is 5.37. The summed E-state index contributed by atoms with van der Waals surface area (Å²) >= 11 is 6.17. The van der Waals surface area contributed by atoms with E-state index in [2.05, 4.69) is 5.32 Å². The first-order valence-electron chi connectivity index (χ1n) is 8.48. The third-order valence-electron chi connectivity index (χ3n) is 4.74. The quantitative estimate of drug-likeness (QED) is 0.855. The maximum absolute atomic E-state index is 12.7. The second-order valence-electron chi connectivity index (χ2n) is 6.45. The molecular weight excluding hydrogens is 372 g/mol. The van der Waals surface area contributed by atoms with E-state index in [0.29, 0.717) is 18.8 Å². The molecule has 1 amide bonds. The third-order valence-corrected chi connectivity index (χ3v) is 6.96. The molecule has 26 heavy (non-hydrogen) atoms. The minimum atomic E-state index is -3.60. The zero-order valence-corrected chi connectivity index (χ0v) is 16.3. The number of carbonyl (C=O) groups is 1. The molecule has 0 radical (unpaired) electrons. The Bertz CT molecular complexity index is 951. The van der Waals surface area contributed by atoms with E-state index in [9.17, 15) is 13.2 Å². The van der Waals surface area contributed by atoms with Crippen LogP contribution in [0, 0.1) is 13.8 Å². The van der Waals surface area contributed by atoms with Gasteiger partial charge in [-0.15, -0.1) is 0 Å². The first-order chi connectivity index (χ1) is 12.3. The summed E-state index contributed by atoms with van der Waals surface area (Å²) < 4.78 is 26.9. The molecule has 0 aromatic heterocycles. The van der Waals surface area contributed by atoms with Gasteiger partial charge in [0.2, 0.25) is 10.0 Å². The molecule has 0 unspecified atom stereocenters. The predicted molar refractivity (Wildman–Crippen MR) is 103 cm³/mol. The summed E-state index contributed by atoms with van der Waals surface area (Å²) in [5.74, 6) is -0.429. The number of carbonyl (C=O) groups excluding carboxylic acids is 1. The predicted octanol–water partition coefficient (Wildman–Crippen LogP) is 3.99. The van der Waals surface area contributed by atoms with E-state index < -0.39 is 15.9 Å². The van der Waals surface area contributed by atoms with Crippen molar-refractivity contribution in [3.63, 3.8) is 0 Å². The standard InChI is InChI=1S/C19H21ClN2O3S/c1-13-6-5-7-18(14(13)2)21-19(23)16-12-15(8-9-17(16)20)26(24,25)22-10-3-4-11-22/h5-9,12H,3-4,10-11H2,1-2H3,(H,21,23). The van der Waals surface area contributed by atoms with Crippen LogP contribution in [0.1, 0.15) is 34.3 Å². The van der Waals surface area contributed by atoms with E-state index in [1.807, 2.05) is 26.0 Å². The van der Waals surface area contributed by atoms with Crippen LogP contribution in [0.3, 0.4) is 0 Å². The topological polar surface area (TPSA) is 66.5 Å². The molecule has 1 aliphatic rings. The Morgan fingerprint density at radius 3 is 2.50 bits per heavy atom. The van der Waals surface area contributed by atoms with Crippen LogP contribution in [0.2, 0.25) is 5.02 Å². The van der Waals surface area contributed by atoms with E-state index in [0.717, 1.165) is 24.0 Å². The molecule has 1 saturated heterocycles. The van der Waals surface area contributed by atoms with Gasteiger partial charge in [-0.25, -0.2) is 8.42 Å². The molecule has 7 heteroatoms. The number of nitrogens with one attached hydrogen (secondary N) is 1. The number of aryl methyl sites for hydroxylation is 1. The smallest absolute Gasteiger partial charge is 0.257 e. The SMILES string of the molecule is Cc1cccc(NC(=O)c2cc(S(=O)(=O)N3CCCC3)ccc2Cl)c1C. The average molecular weight is 393 g/mol. The third kappa shape index (κ3) is 3.63. The Morgan fingerprint density at radius 1 is 1.12 bits per heavy atom. The largest absolute Gasteiger partial charge is 0.322 e. The van der Waals surface area contributed by atoms with Crippen LogP contribution in [0.5, 0.6) is 0 Å². The van der Waals surface area contributed by atoms with Crippen molar-refractivity contribution in [3.05, 3.63) is 58.1 Å². The monoisotopic (exact) mass is 392 g/mol. The fourth-order valence-corrected chi connectivity index (χ4v) is 4.74. The normalized spacial score (nSPS) is 15.2. The first-order valence-corrected chi connectivity index (χ1v) is 10.3. The highest BCUT2D eigenvalue weighted by molar-refractivity contribution is 7.89. The van der Waals surface area contributed by atoms with Crippen molar-refractivity contribution in [2.24, 2.45) is 0 Å². The maximum atomic E-state index is 12.7. The minimum absolute atomic E-state index is 0.0925. The second kappa shape index (κ2) is 7.39. The van der Waals surface area contributed by atoms with Gasteiger partial charge >= 0.3 is 0 Å². The second-order valence-corrected chi connectivity index (χ2v) is 8.80. The number of amides is 1. The Morgan fingerprint density at radius 2 is 1.81 bits per heavy atom. The molecule has 3 rings (SSSR count). The lowest BCUT2D eigenvalue weighted by atomic mass is 10.1. The summed E-state index contributed by atoms with van der Waals surface area (Å²) in [7, 11) is -3.60. The molecular formula is C19H21ClN2O3S. The lowest BCUT2D eigenvalue weighted by molar-refractivity contribution is 0.102. The molecule has 1 heterocycles. The van der Waals surface area contributed by atoms with Crippen LogP contribution < -0.4 is 5.32 Å². The molecule has 0 spiro atoms. The van der Waals surface area contributed by atoms with Crippen molar-refractivity contribution < 1.29 is 13.2 Å². The van der Waals surface area contributed by atoms with Gasteiger partial charge in [0.1, 0.15) is 0 Å². The Balaban J connectivity index is 1.92. The molecule has 0 atom stereocenters. The Labute approximate surface area is 159 Å². The maximum Gasteiger partial charge on any atom is 0.257 e. The van der Waals surface area contributed by atoms with Gasteiger partial charge in [0.25, 0.3) is 5.91 Å². The van der Waals surface area contributed by atoms with Crippen LogP contribution in [-0.2, 0) is 10.0 Å². The molecule has 1 aliphatic heterocycles. The molecule has 1 fully saturated rings. The zero-order chi connectivity index (χ0) is 18.9. The van der Waals surface area contributed by atoms with Crippen LogP contribution in [0.25, 0.3) is 0 Å². The van der Waals surface area contributed by atoms with Crippen LogP contribution in [0.4, 0.5) is 5.69 Å². The molecule has 5 nitrogen and oxygen atoms in total. The molecule has 0 bridgehead atoms. The Hall–Kier alpha value is -1.89. The number of hydrogen-bond donors (Lipinski definition) is 1. The fourth-order valence-electron chi connectivity index (χ4n) is 2.99. The lowest BCUT2D eigenvalue weighted by Gasteiger charge is -2.17. The zero-order valence-electron chi connectivity index (χ0n) is 14.8. The molecule has 0 aliphatic carbocycles. The van der Waals surface area contributed by atoms with E-state index in [4.69, 9.17) is 11.6 Å². The van der Waals surface area contributed by atoms with Crippen LogP contribution in [-0.4, -0.2) is 31.7 Å². The number of nitrogens with zero attached hydrogens (tertiary/aromatic N) is 1. The number of benzene rings is 2. The lowest BCUT2D eigenvalue weighted by Crippen LogP contribution is -2.28. The van der Waals surface area contributed by atoms with Crippen molar-refractivity contribution in [2.45, 2.75) is 31.6 Å². The van der Waals surface area contributed by atoms with E-state index in [-0.39, 0.29) is 15.5 Å². The summed E-state index contributed by atoms with van der Waals surface area (Å²) in [6.45, 7) is 4.89. The van der Waals surface area contributed by atoms with Gasteiger partial charge in [-0.2, -0.15) is 4.31 Å². The average Bonchev–Trinajstić information content (AvgIpc) is 3.14. The highest BCUT2D eigenvalue weighted by atomic mass is 35.5. The van der Waals surface area contributed by atoms with E-state index in [1.54, 1.807) is 6.07 Å². The molecule has 138 valence electrons. The van der Waals surface area contributed by atoms with E-state index >= 15 is 0 Å². The summed E-state index contributed by atoms with van der Waals surface area (Å²) in [5.41, 5.74) is 2.84. The van der Waals surface area contributed by atoms with Crippen molar-refractivity contribution in [2.75, 3.05) is 18.4 Å². The van der Waals surface area contributed by atoms with Gasteiger partial charge in [-0.05, 0) is 62.1 Å². The highest BCUT2D eigenvalue weighted by Crippen LogP contribution is 2.26. The van der Waals surface area contributed by atoms with Crippen LogP contribution >= 0.6 is 11.6 Å². The van der Waals surface area contributed by atoms with Crippen molar-refractivity contribution in [1.82, 2.24) is 4.31 Å². The molecule has 2 aromatic rings. The summed E-state index contributed by atoms with van der Waals surface area (Å²) in [4.78, 5) is 12.8. The van der Waals surface area contributed by atoms with Crippen molar-refractivity contribution in [1.29, 1.82) is 0 Å². The van der Waals surface area contributed by atoms with E-state index in [1.165, 1.54) is 22.5 Å². The summed E-state index contributed by atoms with van der Waals surface area (Å²) in [5, 5.41) is 3.04. The van der Waals surface area contributed by atoms with Crippen molar-refractivity contribution in [3.8, 4) is 0 Å². The van der Waals surface area contributed by atoms with Crippen LogP contribution in [0.15, 0.2) is 41.3 Å². The molecule has 0 saturated carbocycles.